The molecule has 4 nitrogen and oxygen atoms in total. The minimum atomic E-state index is -4.60. The molecule has 3 rings (SSSR count). The van der Waals surface area contributed by atoms with Crippen LogP contribution in [0.1, 0.15) is 16.7 Å². The number of carbonyl (C=O) groups excluding carboxylic acids is 1. The second-order valence-electron chi connectivity index (χ2n) is 6.51. The molecule has 1 aliphatic heterocycles. The van der Waals surface area contributed by atoms with Gasteiger partial charge in [0.05, 0.1) is 23.6 Å². The third-order valence-corrected chi connectivity index (χ3v) is 4.70. The van der Waals surface area contributed by atoms with E-state index in [1.165, 1.54) is 24.3 Å². The van der Waals surface area contributed by atoms with Crippen LogP contribution in [0.5, 0.6) is 0 Å². The van der Waals surface area contributed by atoms with Crippen molar-refractivity contribution in [3.63, 3.8) is 0 Å². The van der Waals surface area contributed by atoms with E-state index in [2.05, 4.69) is 0 Å². The number of anilines is 1. The number of nitrogens with zero attached hydrogens (tertiary/aromatic N) is 3. The van der Waals surface area contributed by atoms with Crippen molar-refractivity contribution in [1.82, 2.24) is 4.90 Å². The van der Waals surface area contributed by atoms with Crippen molar-refractivity contribution in [2.45, 2.75) is 12.6 Å². The predicted molar refractivity (Wildman–Crippen MR) is 95.1 cm³/mol. The zero-order valence-electron chi connectivity index (χ0n) is 14.8. The summed E-state index contributed by atoms with van der Waals surface area (Å²) in [6.45, 7) is 1.53. The van der Waals surface area contributed by atoms with Gasteiger partial charge in [-0.1, -0.05) is 12.1 Å². The largest absolute Gasteiger partial charge is 0.417 e. The van der Waals surface area contributed by atoms with Gasteiger partial charge in [-0.3, -0.25) is 4.79 Å². The summed E-state index contributed by atoms with van der Waals surface area (Å²) in [5, 5.41) is 8.89. The zero-order chi connectivity index (χ0) is 20.3. The molecule has 2 aromatic carbocycles. The molecular weight excluding hydrogens is 374 g/mol. The minimum absolute atomic E-state index is 0.109. The van der Waals surface area contributed by atoms with Crippen molar-refractivity contribution in [2.75, 3.05) is 31.1 Å². The minimum Gasteiger partial charge on any atom is -0.368 e. The van der Waals surface area contributed by atoms with E-state index < -0.39 is 17.3 Å². The molecule has 1 aliphatic rings. The molecule has 1 saturated heterocycles. The van der Waals surface area contributed by atoms with Crippen LogP contribution in [0.15, 0.2) is 42.5 Å². The molecule has 1 fully saturated rings. The van der Waals surface area contributed by atoms with Gasteiger partial charge in [0.2, 0.25) is 5.91 Å². The number of halogens is 4. The Labute approximate surface area is 159 Å². The normalized spacial score (nSPS) is 14.7. The highest BCUT2D eigenvalue weighted by Crippen LogP contribution is 2.34. The van der Waals surface area contributed by atoms with Crippen LogP contribution in [0.25, 0.3) is 0 Å². The van der Waals surface area contributed by atoms with Crippen molar-refractivity contribution in [1.29, 1.82) is 5.26 Å². The monoisotopic (exact) mass is 391 g/mol. The topological polar surface area (TPSA) is 47.3 Å². The Hall–Kier alpha value is -3.08. The Balaban J connectivity index is 1.64. The van der Waals surface area contributed by atoms with Crippen molar-refractivity contribution in [3.05, 3.63) is 65.0 Å². The fourth-order valence-electron chi connectivity index (χ4n) is 3.16. The molecule has 0 bridgehead atoms. The number of alkyl halides is 3. The van der Waals surface area contributed by atoms with E-state index in [9.17, 15) is 22.4 Å². The number of hydrogen-bond donors (Lipinski definition) is 0. The fourth-order valence-corrected chi connectivity index (χ4v) is 3.16. The molecule has 8 heteroatoms. The van der Waals surface area contributed by atoms with E-state index in [0.717, 1.165) is 6.07 Å². The van der Waals surface area contributed by atoms with Gasteiger partial charge in [-0.2, -0.15) is 18.4 Å². The highest BCUT2D eigenvalue weighted by Gasteiger charge is 2.34. The van der Waals surface area contributed by atoms with Crippen molar-refractivity contribution in [3.8, 4) is 6.07 Å². The van der Waals surface area contributed by atoms with Crippen LogP contribution in [0.2, 0.25) is 0 Å². The molecule has 0 N–H and O–H groups in total. The molecule has 0 aromatic heterocycles. The number of piperazine rings is 1. The Morgan fingerprint density at radius 1 is 1.04 bits per heavy atom. The van der Waals surface area contributed by atoms with Crippen LogP contribution in [-0.2, 0) is 17.4 Å². The molecule has 2 aromatic rings. The molecular formula is C20H17F4N3O. The summed E-state index contributed by atoms with van der Waals surface area (Å²) in [7, 11) is 0. The summed E-state index contributed by atoms with van der Waals surface area (Å²) in [5.74, 6) is -0.479. The van der Waals surface area contributed by atoms with Crippen molar-refractivity contribution < 1.29 is 22.4 Å². The van der Waals surface area contributed by atoms with E-state index in [-0.39, 0.29) is 18.1 Å². The maximum Gasteiger partial charge on any atom is 0.417 e. The molecule has 0 atom stereocenters. The summed E-state index contributed by atoms with van der Waals surface area (Å²) < 4.78 is 52.4. The van der Waals surface area contributed by atoms with Gasteiger partial charge >= 0.3 is 6.18 Å². The van der Waals surface area contributed by atoms with Crippen LogP contribution in [0.4, 0.5) is 23.2 Å². The Bertz CT molecular complexity index is 895. The molecule has 0 saturated carbocycles. The number of rotatable bonds is 3. The van der Waals surface area contributed by atoms with E-state index in [1.54, 1.807) is 28.0 Å². The van der Waals surface area contributed by atoms with Crippen LogP contribution in [0.3, 0.4) is 0 Å². The number of carbonyl (C=O) groups is 1. The highest BCUT2D eigenvalue weighted by atomic mass is 19.4. The van der Waals surface area contributed by atoms with Gasteiger partial charge in [0, 0.05) is 31.9 Å². The van der Waals surface area contributed by atoms with Crippen molar-refractivity contribution >= 4 is 11.6 Å². The standard InChI is InChI=1S/C20H17F4N3O/c21-16-4-1-14(2-5-16)11-19(28)27-9-7-26(8-10-27)17-6-3-15(13-25)18(12-17)20(22,23)24/h1-6,12H,7-11H2. The number of amides is 1. The van der Waals surface area contributed by atoms with E-state index >= 15 is 0 Å². The lowest BCUT2D eigenvalue weighted by Crippen LogP contribution is -2.49. The second kappa shape index (κ2) is 7.89. The van der Waals surface area contributed by atoms with Gasteiger partial charge in [-0.05, 0) is 35.9 Å². The molecule has 0 spiro atoms. The molecule has 0 radical (unpaired) electrons. The highest BCUT2D eigenvalue weighted by molar-refractivity contribution is 5.79. The van der Waals surface area contributed by atoms with Gasteiger partial charge in [0.1, 0.15) is 5.82 Å². The van der Waals surface area contributed by atoms with Crippen LogP contribution in [-0.4, -0.2) is 37.0 Å². The van der Waals surface area contributed by atoms with Gasteiger partial charge in [-0.25, -0.2) is 4.39 Å². The first-order valence-corrected chi connectivity index (χ1v) is 8.66. The second-order valence-corrected chi connectivity index (χ2v) is 6.51. The molecule has 28 heavy (non-hydrogen) atoms. The van der Waals surface area contributed by atoms with Gasteiger partial charge in [0.25, 0.3) is 0 Å². The Morgan fingerprint density at radius 2 is 1.68 bits per heavy atom. The molecule has 0 aliphatic carbocycles. The Kier molecular flexibility index (Phi) is 5.54. The van der Waals surface area contributed by atoms with Crippen LogP contribution < -0.4 is 4.90 Å². The molecule has 1 amide bonds. The average molecular weight is 391 g/mol. The molecule has 0 unspecified atom stereocenters. The third-order valence-electron chi connectivity index (χ3n) is 4.70. The maximum atomic E-state index is 13.1. The van der Waals surface area contributed by atoms with Crippen LogP contribution >= 0.6 is 0 Å². The SMILES string of the molecule is N#Cc1ccc(N2CCN(C(=O)Cc3ccc(F)cc3)CC2)cc1C(F)(F)F. The maximum absolute atomic E-state index is 13.1. The van der Waals surface area contributed by atoms with Gasteiger partial charge in [0.15, 0.2) is 0 Å². The lowest BCUT2D eigenvalue weighted by Gasteiger charge is -2.36. The number of nitriles is 1. The van der Waals surface area contributed by atoms with E-state index in [4.69, 9.17) is 5.26 Å². The molecule has 1 heterocycles. The summed E-state index contributed by atoms with van der Waals surface area (Å²) >= 11 is 0. The van der Waals surface area contributed by atoms with E-state index in [1.807, 2.05) is 0 Å². The smallest absolute Gasteiger partial charge is 0.368 e. The zero-order valence-corrected chi connectivity index (χ0v) is 14.8. The molecule has 146 valence electrons. The summed E-state index contributed by atoms with van der Waals surface area (Å²) in [6, 6.07) is 10.9. The fraction of sp³-hybridized carbons (Fsp3) is 0.300. The lowest BCUT2D eigenvalue weighted by atomic mass is 10.1. The Morgan fingerprint density at radius 3 is 2.25 bits per heavy atom. The van der Waals surface area contributed by atoms with Crippen molar-refractivity contribution in [2.24, 2.45) is 0 Å². The number of benzene rings is 2. The summed E-state index contributed by atoms with van der Waals surface area (Å²) in [6.07, 6.45) is -4.45. The first kappa shape index (κ1) is 19.7. The van der Waals surface area contributed by atoms with Gasteiger partial charge in [-0.15, -0.1) is 0 Å². The first-order valence-electron chi connectivity index (χ1n) is 8.66. The lowest BCUT2D eigenvalue weighted by molar-refractivity contribution is -0.137. The number of hydrogen-bond acceptors (Lipinski definition) is 3. The quantitative estimate of drug-likeness (QED) is 0.751. The van der Waals surface area contributed by atoms with Gasteiger partial charge < -0.3 is 9.80 Å². The van der Waals surface area contributed by atoms with E-state index in [0.29, 0.717) is 37.4 Å². The third kappa shape index (κ3) is 4.42. The summed E-state index contributed by atoms with van der Waals surface area (Å²) in [4.78, 5) is 15.8. The first-order chi connectivity index (χ1) is 13.3. The average Bonchev–Trinajstić information content (AvgIpc) is 2.68. The summed E-state index contributed by atoms with van der Waals surface area (Å²) in [5.41, 5.74) is -0.292. The van der Waals surface area contributed by atoms with Crippen LogP contribution in [0, 0.1) is 17.1 Å². The predicted octanol–water partition coefficient (Wildman–Crippen LogP) is 3.61.